The molecule has 0 spiro atoms. The number of rotatable bonds is 8. The van der Waals surface area contributed by atoms with Crippen LogP contribution in [-0.2, 0) is 6.54 Å². The molecule has 0 fully saturated rings. The van der Waals surface area contributed by atoms with Gasteiger partial charge in [-0.3, -0.25) is 0 Å². The number of hydrogen-bond acceptors (Lipinski definition) is 2. The maximum atomic E-state index is 5.98. The van der Waals surface area contributed by atoms with Crippen LogP contribution >= 0.6 is 24.0 Å². The normalized spacial score (nSPS) is 10.2. The third kappa shape index (κ3) is 6.40. The lowest BCUT2D eigenvalue weighted by Gasteiger charge is -2.07. The van der Waals surface area contributed by atoms with Crippen LogP contribution in [0.25, 0.3) is 0 Å². The number of unbranched alkanes of at least 4 members (excludes halogenated alkanes) is 3. The Labute approximate surface area is 137 Å². The third-order valence-electron chi connectivity index (χ3n) is 3.27. The van der Waals surface area contributed by atoms with E-state index in [4.69, 9.17) is 16.3 Å². The van der Waals surface area contributed by atoms with Gasteiger partial charge < -0.3 is 9.30 Å². The van der Waals surface area contributed by atoms with Gasteiger partial charge in [-0.15, -0.1) is 12.4 Å². The van der Waals surface area contributed by atoms with Crippen molar-refractivity contribution in [2.75, 3.05) is 6.61 Å². The van der Waals surface area contributed by atoms with Crippen molar-refractivity contribution in [3.63, 3.8) is 0 Å². The van der Waals surface area contributed by atoms with E-state index >= 15 is 0 Å². The van der Waals surface area contributed by atoms with Crippen molar-refractivity contribution in [1.82, 2.24) is 9.55 Å². The SMILES string of the molecule is Cc1cc(OCCCCCCn2ccnc2)ccc1Cl.Cl. The number of hydrogen-bond donors (Lipinski definition) is 0. The number of imidazole rings is 1. The maximum Gasteiger partial charge on any atom is 0.119 e. The van der Waals surface area contributed by atoms with Crippen molar-refractivity contribution in [3.05, 3.63) is 47.5 Å². The summed E-state index contributed by atoms with van der Waals surface area (Å²) in [6, 6.07) is 5.80. The fourth-order valence-electron chi connectivity index (χ4n) is 2.07. The molecule has 0 radical (unpaired) electrons. The molecule has 1 aromatic carbocycles. The molecule has 2 aromatic rings. The van der Waals surface area contributed by atoms with Crippen molar-refractivity contribution in [3.8, 4) is 5.75 Å². The largest absolute Gasteiger partial charge is 0.494 e. The van der Waals surface area contributed by atoms with Crippen molar-refractivity contribution in [1.29, 1.82) is 0 Å². The second-order valence-corrected chi connectivity index (χ2v) is 5.38. The summed E-state index contributed by atoms with van der Waals surface area (Å²) >= 11 is 5.98. The molecule has 0 atom stereocenters. The fourth-order valence-corrected chi connectivity index (χ4v) is 2.18. The summed E-state index contributed by atoms with van der Waals surface area (Å²) in [4.78, 5) is 4.03. The number of ether oxygens (including phenoxy) is 1. The lowest BCUT2D eigenvalue weighted by atomic mass is 10.2. The molecule has 1 heterocycles. The molecular weight excluding hydrogens is 307 g/mol. The standard InChI is InChI=1S/C16H21ClN2O.ClH/c1-14-12-15(6-7-16(14)17)20-11-5-3-2-4-9-19-10-8-18-13-19;/h6-8,10,12-13H,2-5,9,11H2,1H3;1H. The van der Waals surface area contributed by atoms with E-state index in [1.165, 1.54) is 19.3 Å². The first kappa shape index (κ1) is 17.9. The predicted octanol–water partition coefficient (Wildman–Crippen LogP) is 4.91. The molecule has 0 unspecified atom stereocenters. The van der Waals surface area contributed by atoms with Gasteiger partial charge in [-0.1, -0.05) is 24.4 Å². The minimum atomic E-state index is 0. The Morgan fingerprint density at radius 1 is 1.19 bits per heavy atom. The topological polar surface area (TPSA) is 27.1 Å². The second kappa shape index (κ2) is 9.69. The molecular formula is C16H22Cl2N2O. The molecule has 21 heavy (non-hydrogen) atoms. The number of nitrogens with zero attached hydrogens (tertiary/aromatic N) is 2. The van der Waals surface area contributed by atoms with E-state index in [2.05, 4.69) is 9.55 Å². The highest BCUT2D eigenvalue weighted by Gasteiger charge is 1.98. The monoisotopic (exact) mass is 328 g/mol. The van der Waals surface area contributed by atoms with E-state index in [0.717, 1.165) is 35.9 Å². The zero-order valence-corrected chi connectivity index (χ0v) is 13.9. The summed E-state index contributed by atoms with van der Waals surface area (Å²) in [5.41, 5.74) is 1.06. The molecule has 5 heteroatoms. The lowest BCUT2D eigenvalue weighted by molar-refractivity contribution is 0.304. The van der Waals surface area contributed by atoms with Crippen LogP contribution in [0.5, 0.6) is 5.75 Å². The van der Waals surface area contributed by atoms with E-state index in [1.807, 2.05) is 43.8 Å². The van der Waals surface area contributed by atoms with Crippen LogP contribution in [0.4, 0.5) is 0 Å². The van der Waals surface area contributed by atoms with Gasteiger partial charge >= 0.3 is 0 Å². The Bertz CT molecular complexity index is 515. The molecule has 0 amide bonds. The molecule has 0 N–H and O–H groups in total. The van der Waals surface area contributed by atoms with Crippen molar-refractivity contribution < 1.29 is 4.74 Å². The molecule has 0 aliphatic carbocycles. The molecule has 0 aliphatic heterocycles. The Morgan fingerprint density at radius 2 is 2.00 bits per heavy atom. The van der Waals surface area contributed by atoms with Gasteiger partial charge in [-0.25, -0.2) is 4.98 Å². The highest BCUT2D eigenvalue weighted by molar-refractivity contribution is 6.31. The molecule has 3 nitrogen and oxygen atoms in total. The fraction of sp³-hybridized carbons (Fsp3) is 0.438. The first-order valence-electron chi connectivity index (χ1n) is 7.10. The van der Waals surface area contributed by atoms with Crippen LogP contribution in [0.15, 0.2) is 36.9 Å². The van der Waals surface area contributed by atoms with E-state index in [0.29, 0.717) is 0 Å². The summed E-state index contributed by atoms with van der Waals surface area (Å²) in [5.74, 6) is 0.908. The highest BCUT2D eigenvalue weighted by Crippen LogP contribution is 2.21. The number of aromatic nitrogens is 2. The highest BCUT2D eigenvalue weighted by atomic mass is 35.5. The van der Waals surface area contributed by atoms with Crippen LogP contribution in [0, 0.1) is 6.92 Å². The average Bonchev–Trinajstić information content (AvgIpc) is 2.95. The first-order chi connectivity index (χ1) is 9.75. The van der Waals surface area contributed by atoms with Gasteiger partial charge in [0.15, 0.2) is 0 Å². The molecule has 0 saturated heterocycles. The van der Waals surface area contributed by atoms with Crippen LogP contribution < -0.4 is 4.74 Å². The molecule has 1 aromatic heterocycles. The lowest BCUT2D eigenvalue weighted by Crippen LogP contribution is -1.99. The van der Waals surface area contributed by atoms with E-state index < -0.39 is 0 Å². The van der Waals surface area contributed by atoms with Gasteiger partial charge in [0.1, 0.15) is 5.75 Å². The van der Waals surface area contributed by atoms with Crippen LogP contribution in [0.1, 0.15) is 31.2 Å². The number of aryl methyl sites for hydroxylation is 2. The zero-order chi connectivity index (χ0) is 14.2. The summed E-state index contributed by atoms with van der Waals surface area (Å²) in [6.07, 6.45) is 10.4. The van der Waals surface area contributed by atoms with Gasteiger partial charge in [-0.05, 0) is 43.5 Å². The molecule has 2 rings (SSSR count). The van der Waals surface area contributed by atoms with Gasteiger partial charge in [0, 0.05) is 24.0 Å². The van der Waals surface area contributed by atoms with Gasteiger partial charge in [0.05, 0.1) is 12.9 Å². The number of halogens is 2. The predicted molar refractivity (Wildman–Crippen MR) is 89.6 cm³/mol. The zero-order valence-electron chi connectivity index (χ0n) is 12.3. The summed E-state index contributed by atoms with van der Waals surface area (Å²) in [6.45, 7) is 3.81. The van der Waals surface area contributed by atoms with Crippen molar-refractivity contribution in [2.45, 2.75) is 39.2 Å². The quantitative estimate of drug-likeness (QED) is 0.644. The van der Waals surface area contributed by atoms with Gasteiger partial charge in [0.2, 0.25) is 0 Å². The van der Waals surface area contributed by atoms with E-state index in [9.17, 15) is 0 Å². The van der Waals surface area contributed by atoms with Crippen molar-refractivity contribution >= 4 is 24.0 Å². The van der Waals surface area contributed by atoms with Crippen molar-refractivity contribution in [2.24, 2.45) is 0 Å². The Balaban J connectivity index is 0.00000220. The molecule has 0 bridgehead atoms. The summed E-state index contributed by atoms with van der Waals surface area (Å²) < 4.78 is 7.84. The molecule has 0 aliphatic rings. The van der Waals surface area contributed by atoms with Gasteiger partial charge in [0.25, 0.3) is 0 Å². The van der Waals surface area contributed by atoms with Crippen LogP contribution in [0.2, 0.25) is 5.02 Å². The maximum absolute atomic E-state index is 5.98. The summed E-state index contributed by atoms with van der Waals surface area (Å²) in [7, 11) is 0. The second-order valence-electron chi connectivity index (χ2n) is 4.97. The van der Waals surface area contributed by atoms with E-state index in [-0.39, 0.29) is 12.4 Å². The molecule has 0 saturated carbocycles. The Hall–Kier alpha value is -1.19. The number of benzene rings is 1. The minimum Gasteiger partial charge on any atom is -0.494 e. The minimum absolute atomic E-state index is 0. The third-order valence-corrected chi connectivity index (χ3v) is 3.69. The van der Waals surface area contributed by atoms with E-state index in [1.54, 1.807) is 0 Å². The molecule has 116 valence electrons. The smallest absolute Gasteiger partial charge is 0.119 e. The first-order valence-corrected chi connectivity index (χ1v) is 7.48. The Morgan fingerprint density at radius 3 is 2.71 bits per heavy atom. The summed E-state index contributed by atoms with van der Waals surface area (Å²) in [5, 5.41) is 0.789. The van der Waals surface area contributed by atoms with Gasteiger partial charge in [-0.2, -0.15) is 0 Å². The average molecular weight is 329 g/mol. The Kier molecular flexibility index (Phi) is 8.24. The van der Waals surface area contributed by atoms with Crippen LogP contribution in [-0.4, -0.2) is 16.2 Å². The van der Waals surface area contributed by atoms with Crippen LogP contribution in [0.3, 0.4) is 0 Å².